The lowest BCUT2D eigenvalue weighted by molar-refractivity contribution is 0.0784. The van der Waals surface area contributed by atoms with E-state index in [1.165, 1.54) is 27.4 Å². The van der Waals surface area contributed by atoms with E-state index < -0.39 is 15.9 Å². The molecule has 0 aliphatic heterocycles. The van der Waals surface area contributed by atoms with E-state index in [9.17, 15) is 18.0 Å². The molecule has 9 heteroatoms. The van der Waals surface area contributed by atoms with Crippen molar-refractivity contribution in [3.8, 4) is 0 Å². The summed E-state index contributed by atoms with van der Waals surface area (Å²) in [6.07, 6.45) is 0. The second-order valence-electron chi connectivity index (χ2n) is 6.67. The third kappa shape index (κ3) is 5.19. The highest BCUT2D eigenvalue weighted by Crippen LogP contribution is 2.24. The molecule has 0 atom stereocenters. The fourth-order valence-electron chi connectivity index (χ4n) is 3.00. The lowest BCUT2D eigenvalue weighted by Crippen LogP contribution is -2.31. The van der Waals surface area contributed by atoms with Crippen LogP contribution >= 0.6 is 11.6 Å². The van der Waals surface area contributed by atoms with Gasteiger partial charge in [-0.25, -0.2) is 8.42 Å². The first-order valence-electron chi connectivity index (χ1n) is 9.51. The Kier molecular flexibility index (Phi) is 8.00. The lowest BCUT2D eigenvalue weighted by Gasteiger charge is -2.21. The molecule has 0 heterocycles. The third-order valence-corrected chi connectivity index (χ3v) is 7.10. The second kappa shape index (κ2) is 10.1. The zero-order valence-corrected chi connectivity index (χ0v) is 19.0. The average molecular weight is 452 g/mol. The standard InChI is InChI=1S/C21H26ClN3O4S/c1-5-25(6-2)30(28,29)17-11-12-19(22)18(13-17)21(27)24(4)14-15-7-9-16(10-8-15)20(26)23-3/h7-13H,5-6,14H2,1-4H3,(H,23,26). The van der Waals surface area contributed by atoms with E-state index in [0.717, 1.165) is 5.56 Å². The average Bonchev–Trinajstić information content (AvgIpc) is 2.74. The molecule has 2 aromatic rings. The summed E-state index contributed by atoms with van der Waals surface area (Å²) in [5.41, 5.74) is 1.46. The van der Waals surface area contributed by atoms with Crippen molar-refractivity contribution in [2.24, 2.45) is 0 Å². The number of rotatable bonds is 8. The van der Waals surface area contributed by atoms with Crippen molar-refractivity contribution in [3.05, 3.63) is 64.2 Å². The van der Waals surface area contributed by atoms with Gasteiger partial charge in [-0.2, -0.15) is 4.31 Å². The van der Waals surface area contributed by atoms with Gasteiger partial charge in [-0.1, -0.05) is 37.6 Å². The number of benzene rings is 2. The van der Waals surface area contributed by atoms with Crippen molar-refractivity contribution in [3.63, 3.8) is 0 Å². The smallest absolute Gasteiger partial charge is 0.255 e. The van der Waals surface area contributed by atoms with E-state index in [2.05, 4.69) is 5.32 Å². The van der Waals surface area contributed by atoms with Crippen molar-refractivity contribution in [1.29, 1.82) is 0 Å². The van der Waals surface area contributed by atoms with Gasteiger partial charge in [0.25, 0.3) is 11.8 Å². The molecule has 0 saturated heterocycles. The summed E-state index contributed by atoms with van der Waals surface area (Å²) in [7, 11) is -0.543. The Morgan fingerprint density at radius 1 is 1.03 bits per heavy atom. The van der Waals surface area contributed by atoms with Crippen LogP contribution in [0.25, 0.3) is 0 Å². The molecule has 0 aliphatic carbocycles. The van der Waals surface area contributed by atoms with Crippen LogP contribution in [-0.2, 0) is 16.6 Å². The van der Waals surface area contributed by atoms with Crippen molar-refractivity contribution >= 4 is 33.4 Å². The molecule has 0 fully saturated rings. The molecule has 0 unspecified atom stereocenters. The molecular formula is C21H26ClN3O4S. The summed E-state index contributed by atoms with van der Waals surface area (Å²) in [6, 6.07) is 11.0. The predicted molar refractivity (Wildman–Crippen MR) is 117 cm³/mol. The fourth-order valence-corrected chi connectivity index (χ4v) is 4.68. The maximum Gasteiger partial charge on any atom is 0.255 e. The van der Waals surface area contributed by atoms with Crippen LogP contribution in [0.3, 0.4) is 0 Å². The van der Waals surface area contributed by atoms with Gasteiger partial charge < -0.3 is 10.2 Å². The molecule has 2 rings (SSSR count). The van der Waals surface area contributed by atoms with E-state index in [1.54, 1.807) is 52.2 Å². The molecule has 162 valence electrons. The van der Waals surface area contributed by atoms with Crippen LogP contribution in [0.5, 0.6) is 0 Å². The van der Waals surface area contributed by atoms with E-state index in [-0.39, 0.29) is 27.9 Å². The largest absolute Gasteiger partial charge is 0.355 e. The van der Waals surface area contributed by atoms with Crippen LogP contribution in [0.1, 0.15) is 40.1 Å². The maximum atomic E-state index is 12.9. The SMILES string of the molecule is CCN(CC)S(=O)(=O)c1ccc(Cl)c(C(=O)N(C)Cc2ccc(C(=O)NC)cc2)c1. The second-order valence-corrected chi connectivity index (χ2v) is 9.01. The Hall–Kier alpha value is -2.42. The highest BCUT2D eigenvalue weighted by atomic mass is 35.5. The highest BCUT2D eigenvalue weighted by molar-refractivity contribution is 7.89. The van der Waals surface area contributed by atoms with Gasteiger partial charge in [0, 0.05) is 39.3 Å². The molecule has 0 bridgehead atoms. The lowest BCUT2D eigenvalue weighted by atomic mass is 10.1. The van der Waals surface area contributed by atoms with Gasteiger partial charge in [0.2, 0.25) is 10.0 Å². The Labute approximate surface area is 182 Å². The van der Waals surface area contributed by atoms with Crippen LogP contribution in [0, 0.1) is 0 Å². The Balaban J connectivity index is 2.26. The van der Waals surface area contributed by atoms with E-state index in [0.29, 0.717) is 18.7 Å². The number of sulfonamides is 1. The highest BCUT2D eigenvalue weighted by Gasteiger charge is 2.25. The third-order valence-electron chi connectivity index (χ3n) is 4.72. The van der Waals surface area contributed by atoms with Gasteiger partial charge in [-0.3, -0.25) is 9.59 Å². The van der Waals surface area contributed by atoms with Gasteiger partial charge in [-0.15, -0.1) is 0 Å². The van der Waals surface area contributed by atoms with E-state index >= 15 is 0 Å². The molecule has 2 aromatic carbocycles. The van der Waals surface area contributed by atoms with Gasteiger partial charge in [0.15, 0.2) is 0 Å². The van der Waals surface area contributed by atoms with Gasteiger partial charge in [0.1, 0.15) is 0 Å². The number of amides is 2. The normalized spacial score (nSPS) is 11.4. The summed E-state index contributed by atoms with van der Waals surface area (Å²) >= 11 is 6.21. The van der Waals surface area contributed by atoms with Crippen molar-refractivity contribution in [2.45, 2.75) is 25.3 Å². The zero-order valence-electron chi connectivity index (χ0n) is 17.5. The quantitative estimate of drug-likeness (QED) is 0.668. The van der Waals surface area contributed by atoms with Crippen LogP contribution < -0.4 is 5.32 Å². The van der Waals surface area contributed by atoms with Crippen LogP contribution in [0.4, 0.5) is 0 Å². The van der Waals surface area contributed by atoms with Crippen molar-refractivity contribution in [1.82, 2.24) is 14.5 Å². The van der Waals surface area contributed by atoms with Crippen molar-refractivity contribution < 1.29 is 18.0 Å². The van der Waals surface area contributed by atoms with Crippen LogP contribution in [0.2, 0.25) is 5.02 Å². The Morgan fingerprint density at radius 2 is 1.63 bits per heavy atom. The van der Waals surface area contributed by atoms with E-state index in [1.807, 2.05) is 0 Å². The number of hydrogen-bond acceptors (Lipinski definition) is 4. The van der Waals surface area contributed by atoms with Gasteiger partial charge >= 0.3 is 0 Å². The minimum atomic E-state index is -3.71. The molecule has 0 aliphatic rings. The predicted octanol–water partition coefficient (Wildman–Crippen LogP) is 3.00. The molecule has 0 saturated carbocycles. The molecule has 0 radical (unpaired) electrons. The van der Waals surface area contributed by atoms with Gasteiger partial charge in [0.05, 0.1) is 15.5 Å². The van der Waals surface area contributed by atoms with E-state index in [4.69, 9.17) is 11.6 Å². The Bertz CT molecular complexity index is 1020. The number of nitrogens with zero attached hydrogens (tertiary/aromatic N) is 2. The molecule has 1 N–H and O–H groups in total. The number of carbonyl (C=O) groups excluding carboxylic acids is 2. The fraction of sp³-hybridized carbons (Fsp3) is 0.333. The first kappa shape index (κ1) is 23.9. The number of hydrogen-bond donors (Lipinski definition) is 1. The monoisotopic (exact) mass is 451 g/mol. The van der Waals surface area contributed by atoms with Crippen LogP contribution in [0.15, 0.2) is 47.4 Å². The summed E-state index contributed by atoms with van der Waals surface area (Å²) in [5, 5.41) is 2.73. The number of carbonyl (C=O) groups is 2. The zero-order chi connectivity index (χ0) is 22.5. The van der Waals surface area contributed by atoms with Gasteiger partial charge in [-0.05, 0) is 35.9 Å². The summed E-state index contributed by atoms with van der Waals surface area (Å²) in [4.78, 5) is 26.1. The first-order valence-corrected chi connectivity index (χ1v) is 11.3. The van der Waals surface area contributed by atoms with Crippen LogP contribution in [-0.4, -0.2) is 56.6 Å². The number of nitrogens with one attached hydrogen (secondary N) is 1. The number of halogens is 1. The maximum absolute atomic E-state index is 12.9. The molecule has 7 nitrogen and oxygen atoms in total. The summed E-state index contributed by atoms with van der Waals surface area (Å²) < 4.78 is 26.9. The molecule has 2 amide bonds. The minimum absolute atomic E-state index is 0.0299. The minimum Gasteiger partial charge on any atom is -0.355 e. The molecule has 0 spiro atoms. The molecule has 0 aromatic heterocycles. The topological polar surface area (TPSA) is 86.8 Å². The molecular weight excluding hydrogens is 426 g/mol. The summed E-state index contributed by atoms with van der Waals surface area (Å²) in [5.74, 6) is -0.587. The first-order chi connectivity index (χ1) is 14.1. The Morgan fingerprint density at radius 3 is 2.17 bits per heavy atom. The molecule has 30 heavy (non-hydrogen) atoms. The summed E-state index contributed by atoms with van der Waals surface area (Å²) in [6.45, 7) is 4.45. The van der Waals surface area contributed by atoms with Crippen molar-refractivity contribution in [2.75, 3.05) is 27.2 Å².